The second kappa shape index (κ2) is 4.78. The van der Waals surface area contributed by atoms with E-state index >= 15 is 0 Å². The van der Waals surface area contributed by atoms with E-state index in [0.29, 0.717) is 0 Å². The molecule has 2 aliphatic rings. The highest BCUT2D eigenvalue weighted by molar-refractivity contribution is 6.30. The predicted molar refractivity (Wildman–Crippen MR) is 83.6 cm³/mol. The lowest BCUT2D eigenvalue weighted by Gasteiger charge is -2.38. The van der Waals surface area contributed by atoms with Gasteiger partial charge in [0.25, 0.3) is 0 Å². The molecule has 0 aliphatic carbocycles. The summed E-state index contributed by atoms with van der Waals surface area (Å²) >= 11 is 5.98. The summed E-state index contributed by atoms with van der Waals surface area (Å²) in [6, 6.07) is 16.3. The topological polar surface area (TPSA) is 24.8 Å². The molecule has 0 saturated carbocycles. The van der Waals surface area contributed by atoms with Gasteiger partial charge < -0.3 is 4.74 Å². The SMILES string of the molecule is CC1=NN2C(C1)c1ccccc1OC2c1ccc(Cl)cc1. The fourth-order valence-electron chi connectivity index (χ4n) is 3.03. The molecule has 2 aromatic carbocycles. The Morgan fingerprint density at radius 2 is 1.90 bits per heavy atom. The summed E-state index contributed by atoms with van der Waals surface area (Å²) in [7, 11) is 0. The standard InChI is InChI=1S/C17H15ClN2O/c1-11-10-15-14-4-2-3-5-16(14)21-17(20(15)19-11)12-6-8-13(18)9-7-12/h2-9,15,17H,10H2,1H3. The van der Waals surface area contributed by atoms with Crippen LogP contribution in [0.25, 0.3) is 0 Å². The second-order valence-electron chi connectivity index (χ2n) is 5.49. The van der Waals surface area contributed by atoms with E-state index in [4.69, 9.17) is 16.3 Å². The van der Waals surface area contributed by atoms with Crippen molar-refractivity contribution >= 4 is 17.3 Å². The van der Waals surface area contributed by atoms with Crippen molar-refractivity contribution in [2.45, 2.75) is 25.6 Å². The maximum absolute atomic E-state index is 6.20. The predicted octanol–water partition coefficient (Wildman–Crippen LogP) is 4.55. The Kier molecular flexibility index (Phi) is 2.89. The molecule has 2 atom stereocenters. The van der Waals surface area contributed by atoms with Crippen LogP contribution in [0, 0.1) is 0 Å². The summed E-state index contributed by atoms with van der Waals surface area (Å²) in [5.74, 6) is 0.948. The second-order valence-corrected chi connectivity index (χ2v) is 5.93. The first kappa shape index (κ1) is 12.7. The first-order valence-corrected chi connectivity index (χ1v) is 7.43. The fourth-order valence-corrected chi connectivity index (χ4v) is 3.16. The van der Waals surface area contributed by atoms with Crippen LogP contribution in [0.4, 0.5) is 0 Å². The largest absolute Gasteiger partial charge is 0.464 e. The van der Waals surface area contributed by atoms with Crippen LogP contribution in [0.3, 0.4) is 0 Å². The van der Waals surface area contributed by atoms with Crippen molar-refractivity contribution in [3.8, 4) is 5.75 Å². The van der Waals surface area contributed by atoms with Gasteiger partial charge in [-0.2, -0.15) is 5.10 Å². The fraction of sp³-hybridized carbons (Fsp3) is 0.235. The van der Waals surface area contributed by atoms with Gasteiger partial charge in [0.2, 0.25) is 6.23 Å². The normalized spacial score (nSPS) is 23.1. The van der Waals surface area contributed by atoms with E-state index in [9.17, 15) is 0 Å². The number of ether oxygens (including phenoxy) is 1. The molecular weight excluding hydrogens is 284 g/mol. The number of rotatable bonds is 1. The van der Waals surface area contributed by atoms with E-state index in [-0.39, 0.29) is 12.3 Å². The van der Waals surface area contributed by atoms with Crippen molar-refractivity contribution in [3.05, 3.63) is 64.7 Å². The third kappa shape index (κ3) is 2.09. The van der Waals surface area contributed by atoms with Crippen LogP contribution in [0.15, 0.2) is 53.6 Å². The minimum absolute atomic E-state index is 0.195. The lowest BCUT2D eigenvalue weighted by molar-refractivity contribution is -0.0190. The van der Waals surface area contributed by atoms with Crippen molar-refractivity contribution < 1.29 is 4.74 Å². The van der Waals surface area contributed by atoms with E-state index in [0.717, 1.165) is 28.5 Å². The highest BCUT2D eigenvalue weighted by atomic mass is 35.5. The van der Waals surface area contributed by atoms with Gasteiger partial charge in [0, 0.05) is 28.3 Å². The van der Waals surface area contributed by atoms with Crippen molar-refractivity contribution in [1.82, 2.24) is 5.01 Å². The van der Waals surface area contributed by atoms with Crippen LogP contribution in [0.5, 0.6) is 5.75 Å². The third-order valence-electron chi connectivity index (χ3n) is 4.01. The van der Waals surface area contributed by atoms with Crippen LogP contribution >= 0.6 is 11.6 Å². The van der Waals surface area contributed by atoms with E-state index in [1.54, 1.807) is 0 Å². The molecule has 0 radical (unpaired) electrons. The molecule has 4 heteroatoms. The minimum Gasteiger partial charge on any atom is -0.464 e. The zero-order valence-electron chi connectivity index (χ0n) is 11.7. The van der Waals surface area contributed by atoms with Crippen LogP contribution < -0.4 is 4.74 Å². The Morgan fingerprint density at radius 3 is 2.71 bits per heavy atom. The molecule has 0 saturated heterocycles. The van der Waals surface area contributed by atoms with E-state index in [2.05, 4.69) is 29.2 Å². The van der Waals surface area contributed by atoms with Gasteiger partial charge in [0.1, 0.15) is 5.75 Å². The molecular formula is C17H15ClN2O. The van der Waals surface area contributed by atoms with Crippen LogP contribution in [0.1, 0.15) is 36.7 Å². The first-order valence-electron chi connectivity index (χ1n) is 7.06. The number of halogens is 1. The molecule has 0 bridgehead atoms. The molecule has 2 unspecified atom stereocenters. The Balaban J connectivity index is 1.80. The lowest BCUT2D eigenvalue weighted by Crippen LogP contribution is -2.33. The average molecular weight is 299 g/mol. The summed E-state index contributed by atoms with van der Waals surface area (Å²) in [6.07, 6.45) is 0.754. The Labute approximate surface area is 128 Å². The van der Waals surface area contributed by atoms with Gasteiger partial charge in [-0.3, -0.25) is 0 Å². The summed E-state index contributed by atoms with van der Waals surface area (Å²) in [5.41, 5.74) is 3.42. The quantitative estimate of drug-likeness (QED) is 0.771. The highest BCUT2D eigenvalue weighted by Gasteiger charge is 2.39. The molecule has 106 valence electrons. The molecule has 0 fully saturated rings. The highest BCUT2D eigenvalue weighted by Crippen LogP contribution is 2.46. The van der Waals surface area contributed by atoms with E-state index in [1.165, 1.54) is 5.56 Å². The number of para-hydroxylation sites is 1. The van der Waals surface area contributed by atoms with E-state index < -0.39 is 0 Å². The first-order chi connectivity index (χ1) is 10.2. The van der Waals surface area contributed by atoms with Crippen LogP contribution in [-0.4, -0.2) is 10.7 Å². The lowest BCUT2D eigenvalue weighted by atomic mass is 9.98. The van der Waals surface area contributed by atoms with Gasteiger partial charge in [-0.1, -0.05) is 41.9 Å². The van der Waals surface area contributed by atoms with E-state index in [1.807, 2.05) is 36.4 Å². The molecule has 0 amide bonds. The molecule has 2 aliphatic heterocycles. The van der Waals surface area contributed by atoms with Crippen LogP contribution in [-0.2, 0) is 0 Å². The number of hydrazone groups is 1. The minimum atomic E-state index is -0.195. The number of benzene rings is 2. The number of fused-ring (bicyclic) bond motifs is 3. The summed E-state index contributed by atoms with van der Waals surface area (Å²) in [6.45, 7) is 2.07. The number of hydrogen-bond acceptors (Lipinski definition) is 3. The smallest absolute Gasteiger partial charge is 0.213 e. The van der Waals surface area contributed by atoms with Gasteiger partial charge in [-0.15, -0.1) is 0 Å². The average Bonchev–Trinajstić information content (AvgIpc) is 2.89. The van der Waals surface area contributed by atoms with Crippen molar-refractivity contribution in [3.63, 3.8) is 0 Å². The van der Waals surface area contributed by atoms with Gasteiger partial charge in [0.05, 0.1) is 6.04 Å². The van der Waals surface area contributed by atoms with Gasteiger partial charge in [0.15, 0.2) is 0 Å². The Morgan fingerprint density at radius 1 is 1.14 bits per heavy atom. The Bertz CT molecular complexity index is 711. The molecule has 21 heavy (non-hydrogen) atoms. The molecule has 0 spiro atoms. The van der Waals surface area contributed by atoms with Gasteiger partial charge in [-0.05, 0) is 25.1 Å². The van der Waals surface area contributed by atoms with Crippen molar-refractivity contribution in [2.75, 3.05) is 0 Å². The maximum Gasteiger partial charge on any atom is 0.213 e. The van der Waals surface area contributed by atoms with Crippen LogP contribution in [0.2, 0.25) is 5.02 Å². The molecule has 2 aromatic rings. The number of hydrogen-bond donors (Lipinski definition) is 0. The third-order valence-corrected chi connectivity index (χ3v) is 4.26. The summed E-state index contributed by atoms with van der Waals surface area (Å²) in [4.78, 5) is 0. The van der Waals surface area contributed by atoms with Gasteiger partial charge >= 0.3 is 0 Å². The van der Waals surface area contributed by atoms with Gasteiger partial charge in [-0.25, -0.2) is 5.01 Å². The number of nitrogens with zero attached hydrogens (tertiary/aromatic N) is 2. The summed E-state index contributed by atoms with van der Waals surface area (Å²) < 4.78 is 6.20. The maximum atomic E-state index is 6.20. The molecule has 2 heterocycles. The molecule has 3 nitrogen and oxygen atoms in total. The monoisotopic (exact) mass is 298 g/mol. The Hall–Kier alpha value is -2.00. The van der Waals surface area contributed by atoms with Crippen molar-refractivity contribution in [2.24, 2.45) is 5.10 Å². The zero-order valence-corrected chi connectivity index (χ0v) is 12.4. The zero-order chi connectivity index (χ0) is 14.4. The molecule has 0 N–H and O–H groups in total. The molecule has 0 aromatic heterocycles. The van der Waals surface area contributed by atoms with Crippen molar-refractivity contribution in [1.29, 1.82) is 0 Å². The summed E-state index contributed by atoms with van der Waals surface area (Å²) in [5, 5.41) is 7.48. The molecule has 4 rings (SSSR count).